The molecule has 0 saturated carbocycles. The van der Waals surface area contributed by atoms with Gasteiger partial charge in [0.05, 0.1) is 22.5 Å². The highest BCUT2D eigenvalue weighted by Gasteiger charge is 2.42. The zero-order valence-electron chi connectivity index (χ0n) is 22.1. The van der Waals surface area contributed by atoms with Gasteiger partial charge in [-0.15, -0.1) is 0 Å². The minimum atomic E-state index is -5.42. The Labute approximate surface area is 217 Å². The van der Waals surface area contributed by atoms with Crippen LogP contribution < -0.4 is 9.46 Å². The molecule has 1 aliphatic rings. The van der Waals surface area contributed by atoms with Crippen molar-refractivity contribution in [2.75, 3.05) is 11.8 Å². The molecule has 38 heavy (non-hydrogen) atoms. The largest absolute Gasteiger partial charge is 0.479 e. The van der Waals surface area contributed by atoms with Gasteiger partial charge in [-0.3, -0.25) is 4.72 Å². The maximum Gasteiger partial charge on any atom is 0.436 e. The first-order chi connectivity index (χ1) is 18.6. The first-order valence-electron chi connectivity index (χ1n) is 12.0. The van der Waals surface area contributed by atoms with Crippen LogP contribution in [0.5, 0.6) is 5.88 Å². The normalized spacial score (nSPS) is 17.2. The summed E-state index contributed by atoms with van der Waals surface area (Å²) in [5, 5.41) is 0. The fourth-order valence-corrected chi connectivity index (χ4v) is 6.74. The van der Waals surface area contributed by atoms with Crippen molar-refractivity contribution < 1.29 is 52.0 Å². The third-order valence-corrected chi connectivity index (χ3v) is 8.86. The Bertz CT molecular complexity index is 1720. The summed E-state index contributed by atoms with van der Waals surface area (Å²) in [5.74, 6) is -6.95. The van der Waals surface area contributed by atoms with Gasteiger partial charge in [0, 0.05) is 24.4 Å². The molecule has 0 atom stereocenters. The number of benzene rings is 1. The van der Waals surface area contributed by atoms with E-state index >= 15 is 0 Å². The number of hydrogen-bond acceptors (Lipinski definition) is 6. The number of anilines is 1. The molecule has 1 aliphatic carbocycles. The second-order valence-corrected chi connectivity index (χ2v) is 11.9. The molecule has 0 radical (unpaired) electrons. The molecular weight excluding hydrogens is 564 g/mol. The number of nitrogens with zero attached hydrogens (tertiary/aromatic N) is 2. The summed E-state index contributed by atoms with van der Waals surface area (Å²) in [7, 11) is -13.2. The molecule has 2 heterocycles. The van der Waals surface area contributed by atoms with Crippen LogP contribution in [0.15, 0.2) is 46.3 Å². The zero-order valence-corrected chi connectivity index (χ0v) is 20.7. The van der Waals surface area contributed by atoms with Crippen LogP contribution in [0.3, 0.4) is 0 Å². The molecule has 1 aromatic carbocycles. The topological polar surface area (TPSA) is 107 Å². The van der Waals surface area contributed by atoms with Crippen molar-refractivity contribution in [3.05, 3.63) is 64.9 Å². The molecular formula is C22H19F6N3O5S2. The predicted octanol–water partition coefficient (Wildman–Crippen LogP) is 4.52. The maximum atomic E-state index is 14.4. The van der Waals surface area contributed by atoms with Crippen LogP contribution in [0.25, 0.3) is 0 Å². The number of ether oxygens (including phenoxy) is 1. The van der Waals surface area contributed by atoms with E-state index in [0.717, 1.165) is 0 Å². The Balaban J connectivity index is 1.88. The first kappa shape index (κ1) is 23.8. The molecule has 3 aromatic rings. The molecule has 4 rings (SSSR count). The van der Waals surface area contributed by atoms with E-state index in [0.29, 0.717) is 15.7 Å². The number of nitrogens with one attached hydrogen (secondary N) is 1. The Morgan fingerprint density at radius 3 is 2.42 bits per heavy atom. The van der Waals surface area contributed by atoms with Gasteiger partial charge in [0.15, 0.2) is 11.5 Å². The summed E-state index contributed by atoms with van der Waals surface area (Å²) in [6.45, 7) is 1.66. The van der Waals surface area contributed by atoms with Gasteiger partial charge >= 0.3 is 6.18 Å². The summed E-state index contributed by atoms with van der Waals surface area (Å²) in [4.78, 5) is 1.58. The molecule has 0 bridgehead atoms. The van der Waals surface area contributed by atoms with Gasteiger partial charge in [-0.25, -0.2) is 39.0 Å². The van der Waals surface area contributed by atoms with Crippen LogP contribution in [0.1, 0.15) is 33.0 Å². The van der Waals surface area contributed by atoms with Crippen LogP contribution >= 0.6 is 0 Å². The number of hydrogen-bond donors (Lipinski definition) is 1. The van der Waals surface area contributed by atoms with Gasteiger partial charge in [0.25, 0.3) is 26.0 Å². The quantitative estimate of drug-likeness (QED) is 0.426. The van der Waals surface area contributed by atoms with Crippen LogP contribution in [-0.4, -0.2) is 38.8 Å². The number of methoxy groups -OCH3 is 1. The van der Waals surface area contributed by atoms with Crippen LogP contribution in [0, 0.1) is 12.7 Å². The number of pyridine rings is 1. The summed E-state index contributed by atoms with van der Waals surface area (Å²) in [6, 6.07) is 5.19. The molecule has 1 N–H and O–H groups in total. The number of aryl methyl sites for hydroxylation is 1. The molecule has 206 valence electrons. The van der Waals surface area contributed by atoms with Crippen molar-refractivity contribution in [2.45, 2.75) is 48.1 Å². The lowest BCUT2D eigenvalue weighted by Gasteiger charge is -2.24. The fraction of sp³-hybridized carbons (Fsp3) is 0.318. The molecule has 0 fully saturated rings. The Kier molecular flexibility index (Phi) is 5.76. The van der Waals surface area contributed by atoms with Crippen molar-refractivity contribution in [1.82, 2.24) is 8.96 Å². The minimum absolute atomic E-state index is 0.0188. The highest BCUT2D eigenvalue weighted by Crippen LogP contribution is 2.40. The van der Waals surface area contributed by atoms with E-state index in [9.17, 15) is 43.2 Å². The van der Waals surface area contributed by atoms with Gasteiger partial charge < -0.3 is 4.74 Å². The smallest absolute Gasteiger partial charge is 0.436 e. The standard InChI is InChI=1S/C22H19F6N3O5S2/c1-12-3-5-13(6-4-12)38(34,35)31-11-18(14-7-8-21(24,25)10-17(14)31)37(32,33)30-16-9-15(23)19(22(26,27)28)29-20(16)36-2/h3-6,9,11,30H,7-8,10H2,1-2H3/i2D3. The number of alkyl halides is 5. The lowest BCUT2D eigenvalue weighted by Crippen LogP contribution is -2.29. The number of aromatic nitrogens is 2. The number of rotatable bonds is 6. The predicted molar refractivity (Wildman–Crippen MR) is 122 cm³/mol. The molecule has 0 saturated heterocycles. The van der Waals surface area contributed by atoms with Crippen LogP contribution in [-0.2, 0) is 39.1 Å². The van der Waals surface area contributed by atoms with Gasteiger partial charge in [-0.2, -0.15) is 13.2 Å². The lowest BCUT2D eigenvalue weighted by atomic mass is 9.95. The monoisotopic (exact) mass is 586 g/mol. The number of halogens is 6. The first-order valence-corrected chi connectivity index (χ1v) is 13.5. The van der Waals surface area contributed by atoms with Crippen molar-refractivity contribution in [1.29, 1.82) is 0 Å². The Morgan fingerprint density at radius 1 is 1.16 bits per heavy atom. The average Bonchev–Trinajstić information content (AvgIpc) is 3.18. The van der Waals surface area contributed by atoms with Crippen molar-refractivity contribution in [2.24, 2.45) is 0 Å². The summed E-state index contributed by atoms with van der Waals surface area (Å²) >= 11 is 0. The molecule has 0 unspecified atom stereocenters. The third kappa shape index (κ3) is 5.06. The number of sulfonamides is 1. The molecule has 8 nitrogen and oxygen atoms in total. The van der Waals surface area contributed by atoms with Gasteiger partial charge in [0.1, 0.15) is 10.6 Å². The summed E-state index contributed by atoms with van der Waals surface area (Å²) < 4.78 is 164. The molecule has 16 heteroatoms. The Hall–Kier alpha value is -3.27. The highest BCUT2D eigenvalue weighted by atomic mass is 32.2. The van der Waals surface area contributed by atoms with Gasteiger partial charge in [-0.1, -0.05) is 17.7 Å². The zero-order chi connectivity index (χ0) is 30.8. The van der Waals surface area contributed by atoms with E-state index in [-0.39, 0.29) is 16.5 Å². The van der Waals surface area contributed by atoms with E-state index in [1.54, 1.807) is 11.6 Å². The van der Waals surface area contributed by atoms with Crippen LogP contribution in [0.4, 0.5) is 32.0 Å². The average molecular weight is 587 g/mol. The van der Waals surface area contributed by atoms with E-state index in [1.807, 2.05) is 0 Å². The highest BCUT2D eigenvalue weighted by molar-refractivity contribution is 7.93. The molecule has 0 amide bonds. The summed E-state index contributed by atoms with van der Waals surface area (Å²) in [5.41, 5.74) is -3.59. The molecule has 0 aliphatic heterocycles. The van der Waals surface area contributed by atoms with Gasteiger partial charge in [-0.05, 0) is 31.0 Å². The van der Waals surface area contributed by atoms with Crippen molar-refractivity contribution >= 4 is 25.7 Å². The molecule has 2 aromatic heterocycles. The second-order valence-electron chi connectivity index (χ2n) is 8.44. The SMILES string of the molecule is [2H]C([2H])([2H])Oc1nc(C(F)(F)F)c(F)cc1NS(=O)(=O)c1cn(S(=O)(=O)c2ccc(C)cc2)c2c1CCC(F)(F)C2. The van der Waals surface area contributed by atoms with Crippen LogP contribution in [0.2, 0.25) is 0 Å². The van der Waals surface area contributed by atoms with E-state index in [4.69, 9.17) is 4.11 Å². The third-order valence-electron chi connectivity index (χ3n) is 5.73. The molecule has 0 spiro atoms. The minimum Gasteiger partial charge on any atom is -0.479 e. The van der Waals surface area contributed by atoms with Gasteiger partial charge in [0.2, 0.25) is 5.88 Å². The Morgan fingerprint density at radius 2 is 1.82 bits per heavy atom. The van der Waals surface area contributed by atoms with Crippen molar-refractivity contribution in [3.63, 3.8) is 0 Å². The summed E-state index contributed by atoms with van der Waals surface area (Å²) in [6.07, 6.45) is -7.51. The van der Waals surface area contributed by atoms with Crippen molar-refractivity contribution in [3.8, 4) is 5.88 Å². The van der Waals surface area contributed by atoms with E-state index in [2.05, 4.69) is 9.72 Å². The van der Waals surface area contributed by atoms with E-state index in [1.165, 1.54) is 24.3 Å². The fourth-order valence-electron chi connectivity index (χ4n) is 3.92. The van der Waals surface area contributed by atoms with E-state index < -0.39 is 92.1 Å². The maximum absolute atomic E-state index is 14.4. The second kappa shape index (κ2) is 9.18. The lowest BCUT2D eigenvalue weighted by molar-refractivity contribution is -0.143. The number of fused-ring (bicyclic) bond motifs is 1.